The van der Waals surface area contributed by atoms with E-state index in [1.165, 1.54) is 19.1 Å². The second-order valence-corrected chi connectivity index (χ2v) is 6.86. The van der Waals surface area contributed by atoms with E-state index in [1.54, 1.807) is 31.2 Å². The number of rotatable bonds is 9. The van der Waals surface area contributed by atoms with Crippen LogP contribution in [-0.4, -0.2) is 18.5 Å². The zero-order valence-corrected chi connectivity index (χ0v) is 17.4. The molecule has 0 aromatic heterocycles. The lowest BCUT2D eigenvalue weighted by Crippen LogP contribution is -2.10. The van der Waals surface area contributed by atoms with Crippen molar-refractivity contribution in [1.82, 2.24) is 0 Å². The maximum atomic E-state index is 14.4. The maximum Gasteiger partial charge on any atom is 0.338 e. The van der Waals surface area contributed by atoms with Crippen LogP contribution in [0, 0.1) is 5.82 Å². The molecule has 0 atom stereocenters. The molecular weight excluding hydrogens is 387 g/mol. The number of ether oxygens (including phenoxy) is 3. The molecule has 0 saturated carbocycles. The van der Waals surface area contributed by atoms with Gasteiger partial charge in [0, 0.05) is 23.3 Å². The van der Waals surface area contributed by atoms with Crippen LogP contribution in [0.2, 0.25) is 0 Å². The highest BCUT2D eigenvalue weighted by molar-refractivity contribution is 5.89. The van der Waals surface area contributed by atoms with Gasteiger partial charge in [0.1, 0.15) is 5.75 Å². The van der Waals surface area contributed by atoms with E-state index in [-0.39, 0.29) is 23.5 Å². The third-order valence-corrected chi connectivity index (χ3v) is 4.03. The smallest absolute Gasteiger partial charge is 0.338 e. The molecule has 30 heavy (non-hydrogen) atoms. The van der Waals surface area contributed by atoms with Crippen LogP contribution in [-0.2, 0) is 20.9 Å². The highest BCUT2D eigenvalue weighted by Crippen LogP contribution is 2.30. The average molecular weight is 412 g/mol. The van der Waals surface area contributed by atoms with Gasteiger partial charge in [-0.05, 0) is 55.7 Å². The molecule has 0 N–H and O–H groups in total. The minimum atomic E-state index is -0.694. The molecule has 0 saturated heterocycles. The Balaban J connectivity index is 2.34. The molecule has 5 nitrogen and oxygen atoms in total. The van der Waals surface area contributed by atoms with E-state index in [1.807, 2.05) is 6.92 Å². The van der Waals surface area contributed by atoms with E-state index in [2.05, 4.69) is 13.2 Å². The minimum absolute atomic E-state index is 0.176. The van der Waals surface area contributed by atoms with Gasteiger partial charge in [-0.3, -0.25) is 0 Å². The Morgan fingerprint density at radius 1 is 0.900 bits per heavy atom. The van der Waals surface area contributed by atoms with Gasteiger partial charge in [-0.1, -0.05) is 32.2 Å². The molecule has 158 valence electrons. The quantitative estimate of drug-likeness (QED) is 0.239. The van der Waals surface area contributed by atoms with Crippen LogP contribution in [0.3, 0.4) is 0 Å². The first-order valence-corrected chi connectivity index (χ1v) is 9.48. The van der Waals surface area contributed by atoms with E-state index >= 15 is 0 Å². The van der Waals surface area contributed by atoms with Crippen LogP contribution in [0.25, 0.3) is 11.1 Å². The van der Waals surface area contributed by atoms with Gasteiger partial charge in [0.2, 0.25) is 0 Å². The fraction of sp³-hybridized carbons (Fsp3) is 0.250. The molecular formula is C24H25FO5. The van der Waals surface area contributed by atoms with Crippen LogP contribution in [0.5, 0.6) is 11.5 Å². The molecule has 0 unspecified atom stereocenters. The first-order valence-electron chi connectivity index (χ1n) is 9.48. The predicted octanol–water partition coefficient (Wildman–Crippen LogP) is 5.38. The largest absolute Gasteiger partial charge is 0.423 e. The highest BCUT2D eigenvalue weighted by atomic mass is 19.1. The Hall–Kier alpha value is -3.25. The molecule has 0 amide bonds. The highest BCUT2D eigenvalue weighted by Gasteiger charge is 2.14. The van der Waals surface area contributed by atoms with E-state index in [0.29, 0.717) is 29.0 Å². The first kappa shape index (κ1) is 23.0. The van der Waals surface area contributed by atoms with Gasteiger partial charge < -0.3 is 14.2 Å². The van der Waals surface area contributed by atoms with Crippen molar-refractivity contribution in [2.75, 3.05) is 6.61 Å². The van der Waals surface area contributed by atoms with Gasteiger partial charge in [-0.25, -0.2) is 14.0 Å². The fourth-order valence-electron chi connectivity index (χ4n) is 2.43. The molecule has 0 spiro atoms. The summed E-state index contributed by atoms with van der Waals surface area (Å²) >= 11 is 0. The molecule has 0 fully saturated rings. The standard InChI is InChI=1S/C24H25FO5/c1-6-11-28-14-19-12-17(7-9-21(19)29-23(26)15(2)3)18-8-10-22(20(25)13-18)30-24(27)16(4)5/h7-10,12-13H,2,4,6,11,14H2,1,3,5H3. The summed E-state index contributed by atoms with van der Waals surface area (Å²) in [7, 11) is 0. The first-order chi connectivity index (χ1) is 14.2. The zero-order chi connectivity index (χ0) is 22.3. The topological polar surface area (TPSA) is 61.8 Å². The maximum absolute atomic E-state index is 14.4. The molecule has 0 aliphatic carbocycles. The molecule has 2 rings (SSSR count). The lowest BCUT2D eigenvalue weighted by Gasteiger charge is -2.13. The number of halogens is 1. The van der Waals surface area contributed by atoms with Gasteiger partial charge in [-0.15, -0.1) is 0 Å². The van der Waals surface area contributed by atoms with Crippen molar-refractivity contribution >= 4 is 11.9 Å². The van der Waals surface area contributed by atoms with Crippen molar-refractivity contribution in [3.8, 4) is 22.6 Å². The summed E-state index contributed by atoms with van der Waals surface area (Å²) in [5, 5.41) is 0. The van der Waals surface area contributed by atoms with E-state index in [9.17, 15) is 14.0 Å². The van der Waals surface area contributed by atoms with Crippen molar-refractivity contribution in [3.05, 3.63) is 72.1 Å². The molecule has 0 radical (unpaired) electrons. The van der Waals surface area contributed by atoms with Crippen LogP contribution in [0.4, 0.5) is 4.39 Å². The van der Waals surface area contributed by atoms with E-state index in [0.717, 1.165) is 6.42 Å². The number of benzene rings is 2. The molecule has 0 bridgehead atoms. The number of esters is 2. The monoisotopic (exact) mass is 412 g/mol. The predicted molar refractivity (Wildman–Crippen MR) is 113 cm³/mol. The number of carbonyl (C=O) groups is 2. The van der Waals surface area contributed by atoms with Crippen LogP contribution in [0.1, 0.15) is 32.8 Å². The molecule has 0 aliphatic rings. The van der Waals surface area contributed by atoms with Crippen molar-refractivity contribution in [2.24, 2.45) is 0 Å². The normalized spacial score (nSPS) is 10.4. The summed E-state index contributed by atoms with van der Waals surface area (Å²) in [6, 6.07) is 9.40. The van der Waals surface area contributed by atoms with Crippen LogP contribution < -0.4 is 9.47 Å². The Kier molecular flexibility index (Phi) is 8.07. The summed E-state index contributed by atoms with van der Waals surface area (Å²) in [6.45, 7) is 12.9. The third-order valence-electron chi connectivity index (χ3n) is 4.03. The number of hydrogen-bond donors (Lipinski definition) is 0. The average Bonchev–Trinajstić information content (AvgIpc) is 2.70. The molecule has 2 aromatic rings. The second-order valence-electron chi connectivity index (χ2n) is 6.86. The van der Waals surface area contributed by atoms with Crippen molar-refractivity contribution in [3.63, 3.8) is 0 Å². The summed E-state index contributed by atoms with van der Waals surface area (Å²) < 4.78 is 30.4. The number of carbonyl (C=O) groups excluding carboxylic acids is 2. The third kappa shape index (κ3) is 6.12. The van der Waals surface area contributed by atoms with E-state index in [4.69, 9.17) is 14.2 Å². The van der Waals surface area contributed by atoms with Crippen molar-refractivity contribution in [2.45, 2.75) is 33.8 Å². The lowest BCUT2D eigenvalue weighted by molar-refractivity contribution is -0.131. The summed E-state index contributed by atoms with van der Waals surface area (Å²) in [6.07, 6.45) is 0.843. The molecule has 0 heterocycles. The molecule has 0 aliphatic heterocycles. The van der Waals surface area contributed by atoms with Crippen molar-refractivity contribution < 1.29 is 28.2 Å². The second kappa shape index (κ2) is 10.5. The van der Waals surface area contributed by atoms with Gasteiger partial charge in [-0.2, -0.15) is 0 Å². The number of hydrogen-bond acceptors (Lipinski definition) is 5. The lowest BCUT2D eigenvalue weighted by atomic mass is 10.0. The van der Waals surface area contributed by atoms with Gasteiger partial charge in [0.25, 0.3) is 0 Å². The summed E-state index contributed by atoms with van der Waals surface area (Å²) in [4.78, 5) is 23.5. The Bertz CT molecular complexity index is 978. The van der Waals surface area contributed by atoms with Crippen LogP contribution in [0.15, 0.2) is 60.7 Å². The van der Waals surface area contributed by atoms with E-state index < -0.39 is 17.8 Å². The Labute approximate surface area is 175 Å². The van der Waals surface area contributed by atoms with Crippen molar-refractivity contribution in [1.29, 1.82) is 0 Å². The summed E-state index contributed by atoms with van der Waals surface area (Å²) in [5.74, 6) is -1.72. The molecule has 6 heteroatoms. The fourth-order valence-corrected chi connectivity index (χ4v) is 2.43. The van der Waals surface area contributed by atoms with Gasteiger partial charge >= 0.3 is 11.9 Å². The van der Waals surface area contributed by atoms with Gasteiger partial charge in [0.05, 0.1) is 6.61 Å². The Morgan fingerprint density at radius 2 is 1.43 bits per heavy atom. The zero-order valence-electron chi connectivity index (χ0n) is 17.4. The SMILES string of the molecule is C=C(C)C(=O)Oc1ccc(-c2ccc(OC(=O)C(=C)C)c(COCCC)c2)cc1F. The Morgan fingerprint density at radius 3 is 1.97 bits per heavy atom. The molecule has 2 aromatic carbocycles. The van der Waals surface area contributed by atoms with Gasteiger partial charge in [0.15, 0.2) is 11.6 Å². The van der Waals surface area contributed by atoms with Crippen LogP contribution >= 0.6 is 0 Å². The minimum Gasteiger partial charge on any atom is -0.423 e. The summed E-state index contributed by atoms with van der Waals surface area (Å²) in [5.41, 5.74) is 2.36.